The van der Waals surface area contributed by atoms with Crippen molar-refractivity contribution < 1.29 is 9.18 Å². The molecular formula is C13H8FNO. The minimum atomic E-state index is -0.530. The van der Waals surface area contributed by atoms with E-state index in [1.165, 1.54) is 19.1 Å². The van der Waals surface area contributed by atoms with E-state index < -0.39 is 5.82 Å². The van der Waals surface area contributed by atoms with Crippen LogP contribution in [0.15, 0.2) is 30.3 Å². The van der Waals surface area contributed by atoms with Crippen molar-refractivity contribution in [3.8, 4) is 0 Å². The van der Waals surface area contributed by atoms with Crippen molar-refractivity contribution >= 4 is 22.2 Å². The summed E-state index contributed by atoms with van der Waals surface area (Å²) in [7, 11) is 0. The Bertz CT molecular complexity index is 626. The zero-order valence-corrected chi connectivity index (χ0v) is 8.62. The maximum atomic E-state index is 13.3. The van der Waals surface area contributed by atoms with Gasteiger partial charge >= 0.3 is 0 Å². The van der Waals surface area contributed by atoms with Crippen molar-refractivity contribution in [1.29, 1.82) is 0 Å². The number of ketones is 1. The van der Waals surface area contributed by atoms with E-state index in [2.05, 4.69) is 4.85 Å². The first kappa shape index (κ1) is 10.3. The van der Waals surface area contributed by atoms with Crippen LogP contribution in [0.1, 0.15) is 17.3 Å². The van der Waals surface area contributed by atoms with Gasteiger partial charge in [-0.25, -0.2) is 9.24 Å². The van der Waals surface area contributed by atoms with Crippen molar-refractivity contribution in [3.63, 3.8) is 0 Å². The fourth-order valence-electron chi connectivity index (χ4n) is 1.56. The minimum absolute atomic E-state index is 0.0202. The van der Waals surface area contributed by atoms with Gasteiger partial charge in [-0.1, -0.05) is 12.1 Å². The Labute approximate surface area is 92.1 Å². The molecule has 2 aromatic carbocycles. The lowest BCUT2D eigenvalue weighted by Crippen LogP contribution is -1.91. The lowest BCUT2D eigenvalue weighted by Gasteiger charge is -2.02. The van der Waals surface area contributed by atoms with Gasteiger partial charge in [-0.05, 0) is 35.9 Å². The third-order valence-corrected chi connectivity index (χ3v) is 2.43. The van der Waals surface area contributed by atoms with E-state index in [1.807, 2.05) is 0 Å². The summed E-state index contributed by atoms with van der Waals surface area (Å²) < 4.78 is 13.3. The molecule has 0 bridgehead atoms. The highest BCUT2D eigenvalue weighted by atomic mass is 19.1. The van der Waals surface area contributed by atoms with Gasteiger partial charge in [-0.2, -0.15) is 0 Å². The van der Waals surface area contributed by atoms with Crippen LogP contribution in [0.4, 0.5) is 10.1 Å². The van der Waals surface area contributed by atoms with Crippen LogP contribution in [-0.4, -0.2) is 5.78 Å². The van der Waals surface area contributed by atoms with Crippen LogP contribution >= 0.6 is 0 Å². The highest BCUT2D eigenvalue weighted by molar-refractivity contribution is 5.99. The second-order valence-electron chi connectivity index (χ2n) is 3.53. The standard InChI is InChI=1S/C13H8FNO/c1-8(16)9-3-4-10-6-12(14)13(15-2)7-11(10)5-9/h3-7H,1H3. The van der Waals surface area contributed by atoms with Crippen LogP contribution in [0.2, 0.25) is 0 Å². The number of rotatable bonds is 1. The molecule has 0 heterocycles. The summed E-state index contributed by atoms with van der Waals surface area (Å²) in [4.78, 5) is 14.3. The van der Waals surface area contributed by atoms with Gasteiger partial charge in [0.2, 0.25) is 5.69 Å². The third-order valence-electron chi connectivity index (χ3n) is 2.43. The SMILES string of the molecule is [C-]#[N+]c1cc2cc(C(C)=O)ccc2cc1F. The third kappa shape index (κ3) is 1.66. The first-order valence-electron chi connectivity index (χ1n) is 4.73. The number of hydrogen-bond donors (Lipinski definition) is 0. The molecular weight excluding hydrogens is 205 g/mol. The molecule has 0 unspecified atom stereocenters. The van der Waals surface area contributed by atoms with E-state index in [9.17, 15) is 9.18 Å². The second kappa shape index (κ2) is 3.74. The molecule has 16 heavy (non-hydrogen) atoms. The maximum Gasteiger partial charge on any atom is 0.222 e. The van der Waals surface area contributed by atoms with Gasteiger partial charge in [0.15, 0.2) is 5.78 Å². The lowest BCUT2D eigenvalue weighted by atomic mass is 10.0. The molecule has 2 rings (SSSR count). The molecule has 0 amide bonds. The highest BCUT2D eigenvalue weighted by Crippen LogP contribution is 2.26. The van der Waals surface area contributed by atoms with Gasteiger partial charge < -0.3 is 0 Å². The fourth-order valence-corrected chi connectivity index (χ4v) is 1.56. The summed E-state index contributed by atoms with van der Waals surface area (Å²) in [6.07, 6.45) is 0. The van der Waals surface area contributed by atoms with Crippen molar-refractivity contribution in [2.24, 2.45) is 0 Å². The molecule has 78 valence electrons. The molecule has 0 saturated carbocycles. The molecule has 2 aromatic rings. The minimum Gasteiger partial charge on any atom is -0.295 e. The molecule has 0 atom stereocenters. The van der Waals surface area contributed by atoms with Crippen LogP contribution in [0.5, 0.6) is 0 Å². The normalized spacial score (nSPS) is 10.1. The Morgan fingerprint density at radius 1 is 1.25 bits per heavy atom. The Morgan fingerprint density at radius 3 is 2.62 bits per heavy atom. The highest BCUT2D eigenvalue weighted by Gasteiger charge is 2.06. The molecule has 0 aliphatic heterocycles. The van der Waals surface area contributed by atoms with Gasteiger partial charge in [0.25, 0.3) is 0 Å². The number of Topliss-reactive ketones (excluding diaryl/α,β-unsaturated/α-hetero) is 1. The quantitative estimate of drug-likeness (QED) is 0.522. The Balaban J connectivity index is 2.74. The zero-order valence-electron chi connectivity index (χ0n) is 8.62. The maximum absolute atomic E-state index is 13.3. The Hall–Kier alpha value is -2.21. The van der Waals surface area contributed by atoms with Gasteiger partial charge in [-0.15, -0.1) is 0 Å². The predicted molar refractivity (Wildman–Crippen MR) is 60.2 cm³/mol. The molecule has 0 fully saturated rings. The summed E-state index contributed by atoms with van der Waals surface area (Å²) >= 11 is 0. The molecule has 0 aliphatic carbocycles. The van der Waals surface area contributed by atoms with E-state index in [4.69, 9.17) is 6.57 Å². The number of halogens is 1. The van der Waals surface area contributed by atoms with E-state index in [0.717, 1.165) is 0 Å². The van der Waals surface area contributed by atoms with Crippen molar-refractivity contribution in [2.75, 3.05) is 0 Å². The predicted octanol–water partition coefficient (Wildman–Crippen LogP) is 3.73. The molecule has 2 nitrogen and oxygen atoms in total. The molecule has 0 aromatic heterocycles. The van der Waals surface area contributed by atoms with E-state index >= 15 is 0 Å². The average molecular weight is 213 g/mol. The van der Waals surface area contributed by atoms with Crippen molar-refractivity contribution in [1.82, 2.24) is 0 Å². The van der Waals surface area contributed by atoms with Gasteiger partial charge in [0, 0.05) is 5.56 Å². The number of carbonyl (C=O) groups excluding carboxylic acids is 1. The summed E-state index contributed by atoms with van der Waals surface area (Å²) in [6, 6.07) is 7.78. The Kier molecular flexibility index (Phi) is 2.41. The van der Waals surface area contributed by atoms with Crippen LogP contribution in [0.25, 0.3) is 15.6 Å². The smallest absolute Gasteiger partial charge is 0.222 e. The van der Waals surface area contributed by atoms with Crippen LogP contribution < -0.4 is 0 Å². The summed E-state index contributed by atoms with van der Waals surface area (Å²) in [6.45, 7) is 8.29. The molecule has 3 heteroatoms. The molecule has 0 radical (unpaired) electrons. The zero-order chi connectivity index (χ0) is 11.7. The molecule has 0 N–H and O–H groups in total. The number of benzene rings is 2. The van der Waals surface area contributed by atoms with Crippen LogP contribution in [-0.2, 0) is 0 Å². The number of nitrogens with zero attached hydrogens (tertiary/aromatic N) is 1. The first-order valence-corrected chi connectivity index (χ1v) is 4.73. The number of hydrogen-bond acceptors (Lipinski definition) is 1. The number of carbonyl (C=O) groups is 1. The van der Waals surface area contributed by atoms with E-state index in [1.54, 1.807) is 18.2 Å². The molecule has 0 saturated heterocycles. The average Bonchev–Trinajstić information content (AvgIpc) is 2.27. The fraction of sp³-hybridized carbons (Fsp3) is 0.0769. The van der Waals surface area contributed by atoms with Crippen LogP contribution in [0, 0.1) is 12.4 Å². The molecule has 0 aliphatic rings. The van der Waals surface area contributed by atoms with Gasteiger partial charge in [0.05, 0.1) is 6.57 Å². The number of fused-ring (bicyclic) bond motifs is 1. The topological polar surface area (TPSA) is 21.4 Å². The Morgan fingerprint density at radius 2 is 2.00 bits per heavy atom. The lowest BCUT2D eigenvalue weighted by molar-refractivity contribution is 0.101. The monoisotopic (exact) mass is 213 g/mol. The summed E-state index contributed by atoms with van der Waals surface area (Å²) in [5.41, 5.74) is 0.545. The largest absolute Gasteiger partial charge is 0.295 e. The van der Waals surface area contributed by atoms with Crippen molar-refractivity contribution in [2.45, 2.75) is 6.92 Å². The second-order valence-corrected chi connectivity index (χ2v) is 3.53. The summed E-state index contributed by atoms with van der Waals surface area (Å²) in [5.74, 6) is -0.575. The first-order chi connectivity index (χ1) is 7.61. The van der Waals surface area contributed by atoms with E-state index in [-0.39, 0.29) is 11.5 Å². The summed E-state index contributed by atoms with van der Waals surface area (Å²) in [5, 5.41) is 1.40. The van der Waals surface area contributed by atoms with Crippen LogP contribution in [0.3, 0.4) is 0 Å². The van der Waals surface area contributed by atoms with Gasteiger partial charge in [0.1, 0.15) is 5.82 Å². The van der Waals surface area contributed by atoms with Gasteiger partial charge in [-0.3, -0.25) is 4.79 Å². The molecule has 0 spiro atoms. The van der Waals surface area contributed by atoms with E-state index in [0.29, 0.717) is 16.3 Å². The van der Waals surface area contributed by atoms with Crippen molar-refractivity contribution in [3.05, 3.63) is 53.1 Å².